The van der Waals surface area contributed by atoms with E-state index in [1.54, 1.807) is 10.7 Å². The van der Waals surface area contributed by atoms with Gasteiger partial charge in [0.15, 0.2) is 5.82 Å². The van der Waals surface area contributed by atoms with Crippen LogP contribution in [0.25, 0.3) is 5.82 Å². The lowest BCUT2D eigenvalue weighted by atomic mass is 10.2. The van der Waals surface area contributed by atoms with Crippen LogP contribution in [0.3, 0.4) is 0 Å². The van der Waals surface area contributed by atoms with Gasteiger partial charge in [-0.05, 0) is 38.1 Å². The number of rotatable bonds is 6. The molecular formula is C19H20F3N7O. The van der Waals surface area contributed by atoms with Gasteiger partial charge in [-0.1, -0.05) is 6.07 Å². The number of hydrogen-bond acceptors (Lipinski definition) is 5. The SMILES string of the molecule is Cc1cc(C)n(-c2cc(NCCNC(=O)Nc3cccc(C(F)(F)F)c3)ncn2)n1. The van der Waals surface area contributed by atoms with Gasteiger partial charge in [-0.25, -0.2) is 19.4 Å². The van der Waals surface area contributed by atoms with Crippen molar-refractivity contribution in [1.29, 1.82) is 0 Å². The van der Waals surface area contributed by atoms with Crippen molar-refractivity contribution in [2.75, 3.05) is 23.7 Å². The molecule has 0 spiro atoms. The van der Waals surface area contributed by atoms with Gasteiger partial charge in [0.05, 0.1) is 11.3 Å². The number of alkyl halides is 3. The predicted octanol–water partition coefficient (Wildman–Crippen LogP) is 3.53. The zero-order chi connectivity index (χ0) is 21.7. The standard InChI is InChI=1S/C19H20F3N7O/c1-12-8-13(2)29(28-12)17-10-16(25-11-26-17)23-6-7-24-18(30)27-15-5-3-4-14(9-15)19(20,21)22/h3-5,8-11H,6-7H2,1-2H3,(H,23,25,26)(H2,24,27,30). The Morgan fingerprint density at radius 1 is 1.10 bits per heavy atom. The second kappa shape index (κ2) is 8.80. The van der Waals surface area contributed by atoms with Crippen molar-refractivity contribution in [3.63, 3.8) is 0 Å². The van der Waals surface area contributed by atoms with E-state index in [0.29, 0.717) is 18.2 Å². The molecule has 8 nitrogen and oxygen atoms in total. The molecule has 0 saturated carbocycles. The Kier molecular flexibility index (Phi) is 6.19. The summed E-state index contributed by atoms with van der Waals surface area (Å²) in [4.78, 5) is 20.2. The van der Waals surface area contributed by atoms with Crippen molar-refractivity contribution < 1.29 is 18.0 Å². The Balaban J connectivity index is 1.49. The number of hydrogen-bond donors (Lipinski definition) is 3. The molecule has 0 aliphatic rings. The molecule has 3 rings (SSSR count). The van der Waals surface area contributed by atoms with Crippen molar-refractivity contribution in [3.05, 3.63) is 59.7 Å². The molecule has 0 saturated heterocycles. The largest absolute Gasteiger partial charge is 0.416 e. The number of anilines is 2. The summed E-state index contributed by atoms with van der Waals surface area (Å²) in [5.74, 6) is 1.15. The van der Waals surface area contributed by atoms with E-state index in [0.717, 1.165) is 23.5 Å². The highest BCUT2D eigenvalue weighted by atomic mass is 19.4. The Morgan fingerprint density at radius 3 is 2.60 bits per heavy atom. The van der Waals surface area contributed by atoms with Crippen LogP contribution in [0.2, 0.25) is 0 Å². The summed E-state index contributed by atoms with van der Waals surface area (Å²) in [7, 11) is 0. The first-order chi connectivity index (χ1) is 14.2. The Bertz CT molecular complexity index is 1030. The molecular weight excluding hydrogens is 399 g/mol. The minimum absolute atomic E-state index is 0.0561. The van der Waals surface area contributed by atoms with E-state index in [2.05, 4.69) is 31.0 Å². The molecule has 2 amide bonds. The minimum atomic E-state index is -4.47. The summed E-state index contributed by atoms with van der Waals surface area (Å²) < 4.78 is 39.9. The molecule has 0 aliphatic carbocycles. The Hall–Kier alpha value is -3.63. The molecule has 0 unspecified atom stereocenters. The molecule has 3 N–H and O–H groups in total. The average Bonchev–Trinajstić information content (AvgIpc) is 3.03. The quantitative estimate of drug-likeness (QED) is 0.531. The van der Waals surface area contributed by atoms with Crippen molar-refractivity contribution in [1.82, 2.24) is 25.1 Å². The molecule has 0 fully saturated rings. The van der Waals surface area contributed by atoms with Crippen LogP contribution in [0.4, 0.5) is 29.5 Å². The second-order valence-electron chi connectivity index (χ2n) is 6.49. The van der Waals surface area contributed by atoms with Crippen molar-refractivity contribution in [3.8, 4) is 5.82 Å². The normalized spacial score (nSPS) is 11.2. The Morgan fingerprint density at radius 2 is 1.90 bits per heavy atom. The third kappa shape index (κ3) is 5.46. The highest BCUT2D eigenvalue weighted by Crippen LogP contribution is 2.30. The number of benzene rings is 1. The molecule has 2 aromatic heterocycles. The predicted molar refractivity (Wildman–Crippen MR) is 106 cm³/mol. The molecule has 0 atom stereocenters. The van der Waals surface area contributed by atoms with Crippen molar-refractivity contribution >= 4 is 17.5 Å². The third-order valence-electron chi connectivity index (χ3n) is 4.04. The van der Waals surface area contributed by atoms with Crippen LogP contribution in [0.5, 0.6) is 0 Å². The van der Waals surface area contributed by atoms with Gasteiger partial charge in [-0.3, -0.25) is 0 Å². The lowest BCUT2D eigenvalue weighted by molar-refractivity contribution is -0.137. The number of aromatic nitrogens is 4. The fourth-order valence-corrected chi connectivity index (χ4v) is 2.74. The maximum atomic E-state index is 12.7. The number of carbonyl (C=O) groups excluding carboxylic acids is 1. The van der Waals surface area contributed by atoms with E-state index in [1.165, 1.54) is 18.5 Å². The van der Waals surface area contributed by atoms with Gasteiger partial charge < -0.3 is 16.0 Å². The number of carbonyl (C=O) groups is 1. The summed E-state index contributed by atoms with van der Waals surface area (Å²) in [5, 5.41) is 12.4. The highest BCUT2D eigenvalue weighted by molar-refractivity contribution is 5.89. The molecule has 11 heteroatoms. The molecule has 3 aromatic rings. The molecule has 1 aromatic carbocycles. The van der Waals surface area contributed by atoms with E-state index in [1.807, 2.05) is 19.9 Å². The van der Waals surface area contributed by atoms with Crippen LogP contribution in [0.15, 0.2) is 42.7 Å². The molecule has 2 heterocycles. The fourth-order valence-electron chi connectivity index (χ4n) is 2.74. The van der Waals surface area contributed by atoms with Gasteiger partial charge in [0.1, 0.15) is 12.1 Å². The topological polar surface area (TPSA) is 96.8 Å². The number of halogens is 3. The third-order valence-corrected chi connectivity index (χ3v) is 4.04. The van der Waals surface area contributed by atoms with Gasteiger partial charge >= 0.3 is 12.2 Å². The summed E-state index contributed by atoms with van der Waals surface area (Å²) in [5.41, 5.74) is 1.03. The van der Waals surface area contributed by atoms with E-state index in [9.17, 15) is 18.0 Å². The Labute approximate surface area is 170 Å². The number of nitrogens with zero attached hydrogens (tertiary/aromatic N) is 4. The molecule has 158 valence electrons. The van der Waals surface area contributed by atoms with Crippen LogP contribution in [0, 0.1) is 13.8 Å². The van der Waals surface area contributed by atoms with E-state index < -0.39 is 17.8 Å². The van der Waals surface area contributed by atoms with Crippen LogP contribution >= 0.6 is 0 Å². The average molecular weight is 419 g/mol. The molecule has 0 aliphatic heterocycles. The first-order valence-corrected chi connectivity index (χ1v) is 9.04. The summed E-state index contributed by atoms with van der Waals surface area (Å²) >= 11 is 0. The van der Waals surface area contributed by atoms with Crippen LogP contribution in [-0.2, 0) is 6.18 Å². The smallest absolute Gasteiger partial charge is 0.368 e. The van der Waals surface area contributed by atoms with Crippen molar-refractivity contribution in [2.24, 2.45) is 0 Å². The maximum absolute atomic E-state index is 12.7. The summed E-state index contributed by atoms with van der Waals surface area (Å²) in [6, 6.07) is 7.48. The number of urea groups is 1. The maximum Gasteiger partial charge on any atom is 0.416 e. The van der Waals surface area contributed by atoms with E-state index in [-0.39, 0.29) is 12.2 Å². The molecule has 0 radical (unpaired) electrons. The van der Waals surface area contributed by atoms with Gasteiger partial charge in [0, 0.05) is 30.5 Å². The first kappa shape index (κ1) is 21.1. The number of amides is 2. The van der Waals surface area contributed by atoms with E-state index >= 15 is 0 Å². The first-order valence-electron chi connectivity index (χ1n) is 9.04. The number of nitrogens with one attached hydrogen (secondary N) is 3. The summed E-state index contributed by atoms with van der Waals surface area (Å²) in [6.07, 6.45) is -3.07. The summed E-state index contributed by atoms with van der Waals surface area (Å²) in [6.45, 7) is 4.38. The lowest BCUT2D eigenvalue weighted by Gasteiger charge is -2.11. The monoisotopic (exact) mass is 419 g/mol. The zero-order valence-corrected chi connectivity index (χ0v) is 16.3. The van der Waals surface area contributed by atoms with E-state index in [4.69, 9.17) is 0 Å². The van der Waals surface area contributed by atoms with Gasteiger partial charge in [0.2, 0.25) is 0 Å². The van der Waals surface area contributed by atoms with Crippen molar-refractivity contribution in [2.45, 2.75) is 20.0 Å². The second-order valence-corrected chi connectivity index (χ2v) is 6.49. The minimum Gasteiger partial charge on any atom is -0.368 e. The van der Waals surface area contributed by atoms with Gasteiger partial charge in [-0.2, -0.15) is 18.3 Å². The molecule has 0 bridgehead atoms. The lowest BCUT2D eigenvalue weighted by Crippen LogP contribution is -2.32. The fraction of sp³-hybridized carbons (Fsp3) is 0.263. The van der Waals surface area contributed by atoms with Crippen LogP contribution < -0.4 is 16.0 Å². The van der Waals surface area contributed by atoms with Crippen LogP contribution in [-0.4, -0.2) is 38.9 Å². The zero-order valence-electron chi connectivity index (χ0n) is 16.3. The van der Waals surface area contributed by atoms with Gasteiger partial charge in [-0.15, -0.1) is 0 Å². The molecule has 30 heavy (non-hydrogen) atoms. The number of aryl methyl sites for hydroxylation is 2. The van der Waals surface area contributed by atoms with Gasteiger partial charge in [0.25, 0.3) is 0 Å². The van der Waals surface area contributed by atoms with Crippen LogP contribution in [0.1, 0.15) is 17.0 Å². The highest BCUT2D eigenvalue weighted by Gasteiger charge is 2.30.